The summed E-state index contributed by atoms with van der Waals surface area (Å²) < 4.78 is 5.09. The Morgan fingerprint density at radius 3 is 2.04 bits per heavy atom. The van der Waals surface area contributed by atoms with E-state index in [-0.39, 0.29) is 23.1 Å². The lowest BCUT2D eigenvalue weighted by atomic mass is 10.2. The summed E-state index contributed by atoms with van der Waals surface area (Å²) in [7, 11) is 0. The molecular formula is C14H8N4O5. The minimum Gasteiger partial charge on any atom is -0.334 e. The number of nitro groups is 2. The number of nitrogens with zero attached hydrogens (tertiary/aromatic N) is 4. The molecule has 0 unspecified atom stereocenters. The minimum atomic E-state index is -0.526. The van der Waals surface area contributed by atoms with Gasteiger partial charge in [-0.2, -0.15) is 4.98 Å². The van der Waals surface area contributed by atoms with E-state index in [2.05, 4.69) is 10.1 Å². The van der Waals surface area contributed by atoms with Crippen LogP contribution in [0.4, 0.5) is 11.4 Å². The number of hydrogen-bond donors (Lipinski definition) is 0. The first-order valence-corrected chi connectivity index (χ1v) is 6.38. The van der Waals surface area contributed by atoms with Gasteiger partial charge in [-0.3, -0.25) is 20.2 Å². The minimum absolute atomic E-state index is 0.0928. The van der Waals surface area contributed by atoms with Crippen LogP contribution in [0.3, 0.4) is 0 Å². The Hall–Kier alpha value is -3.62. The van der Waals surface area contributed by atoms with Gasteiger partial charge in [0.15, 0.2) is 0 Å². The lowest BCUT2D eigenvalue weighted by Crippen LogP contribution is -1.89. The van der Waals surface area contributed by atoms with Gasteiger partial charge in [0, 0.05) is 35.4 Å². The first-order chi connectivity index (χ1) is 11.0. The zero-order valence-corrected chi connectivity index (χ0v) is 11.4. The van der Waals surface area contributed by atoms with Crippen LogP contribution < -0.4 is 0 Å². The number of benzene rings is 2. The van der Waals surface area contributed by atoms with Gasteiger partial charge in [-0.25, -0.2) is 0 Å². The Morgan fingerprint density at radius 2 is 1.43 bits per heavy atom. The van der Waals surface area contributed by atoms with E-state index >= 15 is 0 Å². The van der Waals surface area contributed by atoms with Crippen molar-refractivity contribution in [2.45, 2.75) is 0 Å². The molecule has 0 radical (unpaired) electrons. The Morgan fingerprint density at radius 1 is 0.870 bits per heavy atom. The number of hydrogen-bond acceptors (Lipinski definition) is 7. The predicted molar refractivity (Wildman–Crippen MR) is 78.5 cm³/mol. The van der Waals surface area contributed by atoms with Crippen LogP contribution in [-0.2, 0) is 0 Å². The van der Waals surface area contributed by atoms with Crippen LogP contribution in [0.2, 0.25) is 0 Å². The number of nitro benzene ring substituents is 2. The fourth-order valence-electron chi connectivity index (χ4n) is 1.97. The number of non-ortho nitro benzene ring substituents is 2. The van der Waals surface area contributed by atoms with Crippen LogP contribution in [0.25, 0.3) is 22.8 Å². The van der Waals surface area contributed by atoms with Crippen molar-refractivity contribution >= 4 is 11.4 Å². The summed E-state index contributed by atoms with van der Waals surface area (Å²) in [5.41, 5.74) is 0.616. The van der Waals surface area contributed by atoms with Crippen LogP contribution in [0, 0.1) is 20.2 Å². The Kier molecular flexibility index (Phi) is 3.51. The molecule has 3 aromatic rings. The standard InChI is InChI=1S/C14H8N4O5/c19-17(20)11-5-1-3-9(7-11)13-15-14(23-16-13)10-4-2-6-12(8-10)18(21)22/h1-8H. The average molecular weight is 312 g/mol. The molecule has 9 heteroatoms. The third-order valence-electron chi connectivity index (χ3n) is 3.05. The first-order valence-electron chi connectivity index (χ1n) is 6.38. The predicted octanol–water partition coefficient (Wildman–Crippen LogP) is 3.22. The Balaban J connectivity index is 1.97. The molecule has 0 fully saturated rings. The lowest BCUT2D eigenvalue weighted by molar-refractivity contribution is -0.385. The summed E-state index contributed by atoms with van der Waals surface area (Å²) in [4.78, 5) is 24.7. The van der Waals surface area contributed by atoms with Crippen LogP contribution in [-0.4, -0.2) is 20.0 Å². The molecule has 1 aromatic heterocycles. The fraction of sp³-hybridized carbons (Fsp3) is 0. The van der Waals surface area contributed by atoms with Gasteiger partial charge in [-0.05, 0) is 6.07 Å². The molecular weight excluding hydrogens is 304 g/mol. The second-order valence-electron chi connectivity index (χ2n) is 4.54. The fourth-order valence-corrected chi connectivity index (χ4v) is 1.97. The second kappa shape index (κ2) is 5.64. The normalized spacial score (nSPS) is 10.4. The van der Waals surface area contributed by atoms with E-state index in [4.69, 9.17) is 4.52 Å². The number of aromatic nitrogens is 2. The summed E-state index contributed by atoms with van der Waals surface area (Å²) in [5, 5.41) is 25.3. The van der Waals surface area contributed by atoms with E-state index in [9.17, 15) is 20.2 Å². The van der Waals surface area contributed by atoms with Gasteiger partial charge in [0.1, 0.15) is 0 Å². The lowest BCUT2D eigenvalue weighted by Gasteiger charge is -1.95. The van der Waals surface area contributed by atoms with Gasteiger partial charge in [0.25, 0.3) is 17.3 Å². The number of rotatable bonds is 4. The van der Waals surface area contributed by atoms with E-state index in [1.54, 1.807) is 12.1 Å². The van der Waals surface area contributed by atoms with Crippen molar-refractivity contribution in [3.05, 3.63) is 68.8 Å². The molecule has 0 aliphatic rings. The Labute approximate surface area is 128 Å². The molecule has 0 aliphatic carbocycles. The summed E-state index contributed by atoms with van der Waals surface area (Å²) in [6, 6.07) is 11.5. The first kappa shape index (κ1) is 14.3. The monoisotopic (exact) mass is 312 g/mol. The molecule has 1 heterocycles. The molecule has 2 aromatic carbocycles. The SMILES string of the molecule is O=[N+]([O-])c1cccc(-c2noc(-c3cccc([N+](=O)[O-])c3)n2)c1. The average Bonchev–Trinajstić information content (AvgIpc) is 3.05. The molecule has 114 valence electrons. The molecule has 0 atom stereocenters. The van der Waals surface area contributed by atoms with Crippen molar-refractivity contribution in [3.63, 3.8) is 0 Å². The highest BCUT2D eigenvalue weighted by Crippen LogP contribution is 2.26. The third-order valence-corrected chi connectivity index (χ3v) is 3.05. The zero-order valence-electron chi connectivity index (χ0n) is 11.4. The van der Waals surface area contributed by atoms with Crippen LogP contribution in [0.5, 0.6) is 0 Å². The van der Waals surface area contributed by atoms with Crippen LogP contribution in [0.15, 0.2) is 53.1 Å². The summed E-state index contributed by atoms with van der Waals surface area (Å²) in [6.07, 6.45) is 0. The highest BCUT2D eigenvalue weighted by Gasteiger charge is 2.15. The van der Waals surface area contributed by atoms with Crippen molar-refractivity contribution in [1.82, 2.24) is 10.1 Å². The van der Waals surface area contributed by atoms with E-state index in [1.165, 1.54) is 36.4 Å². The maximum atomic E-state index is 10.8. The topological polar surface area (TPSA) is 125 Å². The van der Waals surface area contributed by atoms with Crippen molar-refractivity contribution in [2.24, 2.45) is 0 Å². The van der Waals surface area contributed by atoms with Gasteiger partial charge in [0.2, 0.25) is 5.82 Å². The maximum absolute atomic E-state index is 10.8. The molecule has 0 amide bonds. The van der Waals surface area contributed by atoms with Crippen molar-refractivity contribution in [2.75, 3.05) is 0 Å². The van der Waals surface area contributed by atoms with E-state index < -0.39 is 9.85 Å². The van der Waals surface area contributed by atoms with Crippen molar-refractivity contribution < 1.29 is 14.4 Å². The van der Waals surface area contributed by atoms with Gasteiger partial charge >= 0.3 is 0 Å². The van der Waals surface area contributed by atoms with Gasteiger partial charge in [0.05, 0.1) is 9.85 Å². The largest absolute Gasteiger partial charge is 0.334 e. The third kappa shape index (κ3) is 2.88. The second-order valence-corrected chi connectivity index (χ2v) is 4.54. The smallest absolute Gasteiger partial charge is 0.270 e. The van der Waals surface area contributed by atoms with E-state index in [0.717, 1.165) is 0 Å². The van der Waals surface area contributed by atoms with Crippen LogP contribution >= 0.6 is 0 Å². The Bertz CT molecular complexity index is 833. The maximum Gasteiger partial charge on any atom is 0.270 e. The van der Waals surface area contributed by atoms with Crippen LogP contribution in [0.1, 0.15) is 0 Å². The summed E-state index contributed by atoms with van der Waals surface area (Å²) in [6.45, 7) is 0. The molecule has 9 nitrogen and oxygen atoms in total. The highest BCUT2D eigenvalue weighted by molar-refractivity contribution is 5.63. The highest BCUT2D eigenvalue weighted by atomic mass is 16.6. The molecule has 0 bridgehead atoms. The van der Waals surface area contributed by atoms with Gasteiger partial charge in [-0.15, -0.1) is 0 Å². The summed E-state index contributed by atoms with van der Waals surface area (Å²) in [5.74, 6) is 0.255. The molecule has 3 rings (SSSR count). The van der Waals surface area contributed by atoms with Crippen molar-refractivity contribution in [3.8, 4) is 22.8 Å². The summed E-state index contributed by atoms with van der Waals surface area (Å²) >= 11 is 0. The van der Waals surface area contributed by atoms with Gasteiger partial charge in [-0.1, -0.05) is 23.4 Å². The van der Waals surface area contributed by atoms with E-state index in [0.29, 0.717) is 11.1 Å². The zero-order chi connectivity index (χ0) is 16.4. The quantitative estimate of drug-likeness (QED) is 0.534. The molecule has 0 N–H and O–H groups in total. The molecule has 23 heavy (non-hydrogen) atoms. The molecule has 0 saturated heterocycles. The van der Waals surface area contributed by atoms with Gasteiger partial charge < -0.3 is 4.52 Å². The molecule has 0 aliphatic heterocycles. The molecule has 0 saturated carbocycles. The van der Waals surface area contributed by atoms with E-state index in [1.807, 2.05) is 0 Å². The van der Waals surface area contributed by atoms with Crippen molar-refractivity contribution in [1.29, 1.82) is 0 Å². The molecule has 0 spiro atoms.